The summed E-state index contributed by atoms with van der Waals surface area (Å²) in [7, 11) is 4.00. The molecule has 172 valence electrons. The summed E-state index contributed by atoms with van der Waals surface area (Å²) in [5, 5.41) is 6.06. The van der Waals surface area contributed by atoms with E-state index < -0.39 is 0 Å². The van der Waals surface area contributed by atoms with E-state index >= 15 is 0 Å². The quantitative estimate of drug-likeness (QED) is 0.530. The van der Waals surface area contributed by atoms with Gasteiger partial charge in [-0.3, -0.25) is 9.59 Å². The lowest BCUT2D eigenvalue weighted by atomic mass is 9.69. The first-order chi connectivity index (χ1) is 14.8. The molecule has 0 radical (unpaired) electrons. The summed E-state index contributed by atoms with van der Waals surface area (Å²) in [5.74, 6) is 2.14. The molecule has 0 unspecified atom stereocenters. The van der Waals surface area contributed by atoms with Crippen molar-refractivity contribution in [2.24, 2.45) is 23.7 Å². The highest BCUT2D eigenvalue weighted by Gasteiger charge is 2.32. The van der Waals surface area contributed by atoms with Gasteiger partial charge in [0.15, 0.2) is 6.61 Å². The molecule has 2 amide bonds. The van der Waals surface area contributed by atoms with Crippen molar-refractivity contribution >= 4 is 11.8 Å². The predicted octanol–water partition coefficient (Wildman–Crippen LogP) is 3.10. The molecule has 0 saturated heterocycles. The molecule has 0 saturated carbocycles. The fourth-order valence-electron chi connectivity index (χ4n) is 4.17. The van der Waals surface area contributed by atoms with Gasteiger partial charge in [-0.05, 0) is 63.2 Å². The second-order valence-electron chi connectivity index (χ2n) is 9.18. The van der Waals surface area contributed by atoms with Crippen molar-refractivity contribution in [2.75, 3.05) is 40.3 Å². The third-order valence-corrected chi connectivity index (χ3v) is 6.04. The largest absolute Gasteiger partial charge is 0.484 e. The van der Waals surface area contributed by atoms with E-state index in [1.165, 1.54) is 5.57 Å². The highest BCUT2D eigenvalue weighted by Crippen LogP contribution is 2.38. The highest BCUT2D eigenvalue weighted by atomic mass is 16.5. The summed E-state index contributed by atoms with van der Waals surface area (Å²) in [6.07, 6.45) is 3.77. The van der Waals surface area contributed by atoms with E-state index in [9.17, 15) is 9.59 Å². The molecule has 0 spiro atoms. The zero-order chi connectivity index (χ0) is 22.8. The van der Waals surface area contributed by atoms with Gasteiger partial charge in [0.05, 0.1) is 0 Å². The topological polar surface area (TPSA) is 70.7 Å². The summed E-state index contributed by atoms with van der Waals surface area (Å²) < 4.78 is 5.54. The Bertz CT molecular complexity index is 731. The number of carbonyl (C=O) groups is 2. The van der Waals surface area contributed by atoms with Crippen LogP contribution in [0.1, 0.15) is 33.6 Å². The van der Waals surface area contributed by atoms with Crippen LogP contribution in [0.2, 0.25) is 0 Å². The van der Waals surface area contributed by atoms with Crippen LogP contribution in [0.25, 0.3) is 0 Å². The van der Waals surface area contributed by atoms with Gasteiger partial charge in [-0.15, -0.1) is 0 Å². The predicted molar refractivity (Wildman–Crippen MR) is 125 cm³/mol. The number of ether oxygens (including phenoxy) is 1. The average Bonchev–Trinajstić information content (AvgIpc) is 2.72. The Morgan fingerprint density at radius 3 is 2.48 bits per heavy atom. The number of likely N-dealkylation sites (N-methyl/N-ethyl adjacent to an activating group) is 1. The summed E-state index contributed by atoms with van der Waals surface area (Å²) in [6, 6.07) is 9.36. The number of amides is 2. The zero-order valence-corrected chi connectivity index (χ0v) is 19.7. The minimum absolute atomic E-state index is 0.0154. The maximum atomic E-state index is 12.4. The summed E-state index contributed by atoms with van der Waals surface area (Å²) in [4.78, 5) is 26.7. The van der Waals surface area contributed by atoms with Gasteiger partial charge in [0.25, 0.3) is 5.91 Å². The summed E-state index contributed by atoms with van der Waals surface area (Å²) >= 11 is 0. The van der Waals surface area contributed by atoms with Gasteiger partial charge in [0, 0.05) is 26.1 Å². The van der Waals surface area contributed by atoms with Crippen molar-refractivity contribution < 1.29 is 14.3 Å². The van der Waals surface area contributed by atoms with Crippen molar-refractivity contribution in [3.05, 3.63) is 42.0 Å². The van der Waals surface area contributed by atoms with E-state index in [1.807, 2.05) is 44.4 Å². The van der Waals surface area contributed by atoms with E-state index in [0.717, 1.165) is 13.0 Å². The van der Waals surface area contributed by atoms with E-state index in [-0.39, 0.29) is 30.3 Å². The Kier molecular flexibility index (Phi) is 10.0. The lowest BCUT2D eigenvalue weighted by Crippen LogP contribution is -2.39. The second-order valence-corrected chi connectivity index (χ2v) is 9.18. The number of carbonyl (C=O) groups excluding carboxylic acids is 2. The van der Waals surface area contributed by atoms with Crippen LogP contribution in [0.4, 0.5) is 0 Å². The van der Waals surface area contributed by atoms with E-state index in [4.69, 9.17) is 4.74 Å². The third kappa shape index (κ3) is 8.74. The maximum Gasteiger partial charge on any atom is 0.257 e. The van der Waals surface area contributed by atoms with Crippen LogP contribution in [0.15, 0.2) is 42.0 Å². The molecule has 1 aliphatic rings. The number of para-hydroxylation sites is 1. The molecule has 0 heterocycles. The molecule has 2 rings (SSSR count). The van der Waals surface area contributed by atoms with Crippen molar-refractivity contribution in [3.63, 3.8) is 0 Å². The summed E-state index contributed by atoms with van der Waals surface area (Å²) in [5.41, 5.74) is 1.25. The first kappa shape index (κ1) is 24.9. The molecule has 0 bridgehead atoms. The number of allylic oxidation sites excluding steroid dienone is 1. The molecular weight excluding hydrogens is 390 g/mol. The highest BCUT2D eigenvalue weighted by molar-refractivity contribution is 5.77. The summed E-state index contributed by atoms with van der Waals surface area (Å²) in [6.45, 7) is 8.69. The minimum Gasteiger partial charge on any atom is -0.484 e. The number of hydrogen-bond donors (Lipinski definition) is 2. The molecule has 31 heavy (non-hydrogen) atoms. The number of nitrogens with one attached hydrogen (secondary N) is 2. The Labute approximate surface area is 187 Å². The van der Waals surface area contributed by atoms with Crippen LogP contribution in [0.5, 0.6) is 5.75 Å². The minimum atomic E-state index is -0.111. The van der Waals surface area contributed by atoms with Gasteiger partial charge in [0.2, 0.25) is 5.91 Å². The van der Waals surface area contributed by atoms with Gasteiger partial charge >= 0.3 is 0 Å². The monoisotopic (exact) mass is 429 g/mol. The first-order valence-corrected chi connectivity index (χ1v) is 11.3. The Hall–Kier alpha value is -2.34. The zero-order valence-electron chi connectivity index (χ0n) is 19.7. The Morgan fingerprint density at radius 1 is 1.13 bits per heavy atom. The van der Waals surface area contributed by atoms with Crippen LogP contribution in [-0.4, -0.2) is 57.1 Å². The molecule has 1 aromatic carbocycles. The van der Waals surface area contributed by atoms with Crippen LogP contribution in [0.3, 0.4) is 0 Å². The number of rotatable bonds is 11. The third-order valence-electron chi connectivity index (χ3n) is 6.04. The Morgan fingerprint density at radius 2 is 1.84 bits per heavy atom. The smallest absolute Gasteiger partial charge is 0.257 e. The first-order valence-electron chi connectivity index (χ1n) is 11.3. The normalized spacial score (nSPS) is 21.0. The standard InChI is InChI=1S/C25H39N3O3/c1-18(2)23-14-20(15-24(29)26-11-12-28(4)5)19(3)13-21(23)16-27-25(30)17-31-22-9-7-6-8-10-22/h6-10,13,18,20-21,23H,11-12,14-17H2,1-5H3,(H,26,29)(H,27,30)/t20-,21-,23-/m0/s1. The number of benzene rings is 1. The molecule has 2 N–H and O–H groups in total. The van der Waals surface area contributed by atoms with E-state index in [2.05, 4.69) is 42.4 Å². The molecule has 1 aliphatic carbocycles. The van der Waals surface area contributed by atoms with E-state index in [0.29, 0.717) is 37.1 Å². The van der Waals surface area contributed by atoms with E-state index in [1.54, 1.807) is 0 Å². The van der Waals surface area contributed by atoms with Crippen LogP contribution >= 0.6 is 0 Å². The fourth-order valence-corrected chi connectivity index (χ4v) is 4.17. The molecule has 0 fully saturated rings. The molecule has 6 heteroatoms. The van der Waals surface area contributed by atoms with Crippen molar-refractivity contribution in [1.29, 1.82) is 0 Å². The second kappa shape index (κ2) is 12.5. The van der Waals surface area contributed by atoms with Crippen LogP contribution in [0, 0.1) is 23.7 Å². The van der Waals surface area contributed by atoms with Crippen LogP contribution in [-0.2, 0) is 9.59 Å². The molecule has 0 aromatic heterocycles. The molecule has 6 nitrogen and oxygen atoms in total. The molecular formula is C25H39N3O3. The van der Waals surface area contributed by atoms with Crippen molar-refractivity contribution in [3.8, 4) is 5.75 Å². The Balaban J connectivity index is 1.86. The lowest BCUT2D eigenvalue weighted by molar-refractivity contribution is -0.123. The van der Waals surface area contributed by atoms with Gasteiger partial charge in [0.1, 0.15) is 5.75 Å². The SMILES string of the molecule is CC1=C[C@@H](CNC(=O)COc2ccccc2)[C@H](C(C)C)C[C@H]1CC(=O)NCCN(C)C. The lowest BCUT2D eigenvalue weighted by Gasteiger charge is -2.37. The molecule has 0 aliphatic heterocycles. The van der Waals surface area contributed by atoms with Crippen molar-refractivity contribution in [2.45, 2.75) is 33.6 Å². The average molecular weight is 430 g/mol. The molecule has 1 aromatic rings. The van der Waals surface area contributed by atoms with Gasteiger partial charge in [-0.1, -0.05) is 43.7 Å². The number of hydrogen-bond acceptors (Lipinski definition) is 4. The van der Waals surface area contributed by atoms with Crippen molar-refractivity contribution in [1.82, 2.24) is 15.5 Å². The number of nitrogens with zero attached hydrogens (tertiary/aromatic N) is 1. The van der Waals surface area contributed by atoms with Gasteiger partial charge in [-0.25, -0.2) is 0 Å². The fraction of sp³-hybridized carbons (Fsp3) is 0.600. The van der Waals surface area contributed by atoms with Gasteiger partial charge in [-0.2, -0.15) is 0 Å². The maximum absolute atomic E-state index is 12.4. The van der Waals surface area contributed by atoms with Gasteiger partial charge < -0.3 is 20.3 Å². The van der Waals surface area contributed by atoms with Crippen LogP contribution < -0.4 is 15.4 Å². The molecule has 3 atom stereocenters.